The minimum absolute atomic E-state index is 0.420. The fourth-order valence-corrected chi connectivity index (χ4v) is 1.11. The molecule has 0 aliphatic rings. The predicted molar refractivity (Wildman–Crippen MR) is 44.6 cm³/mol. The molecular formula is C7H18OSi. The molecule has 2 heteroatoms. The minimum atomic E-state index is 0.420. The van der Waals surface area contributed by atoms with Crippen molar-refractivity contribution in [1.82, 2.24) is 0 Å². The van der Waals surface area contributed by atoms with Crippen LogP contribution in [0.5, 0.6) is 0 Å². The predicted octanol–water partition coefficient (Wildman–Crippen LogP) is 1.11. The highest BCUT2D eigenvalue weighted by Crippen LogP contribution is 2.21. The van der Waals surface area contributed by atoms with Gasteiger partial charge < -0.3 is 4.43 Å². The average molecular weight is 146 g/mol. The van der Waals surface area contributed by atoms with E-state index in [4.69, 9.17) is 4.43 Å². The van der Waals surface area contributed by atoms with Crippen LogP contribution in [-0.4, -0.2) is 16.6 Å². The van der Waals surface area contributed by atoms with E-state index in [1.54, 1.807) is 0 Å². The van der Waals surface area contributed by atoms with Crippen LogP contribution in [-0.2, 0) is 4.43 Å². The maximum atomic E-state index is 5.27. The molecule has 56 valence electrons. The van der Waals surface area contributed by atoms with Crippen LogP contribution < -0.4 is 0 Å². The highest BCUT2D eigenvalue weighted by Gasteiger charge is 2.13. The molecule has 0 rings (SSSR count). The Hall–Kier alpha value is 0.177. The summed E-state index contributed by atoms with van der Waals surface area (Å²) in [7, 11) is 0.866. The fourth-order valence-electron chi connectivity index (χ4n) is 0.946. The van der Waals surface area contributed by atoms with Crippen LogP contribution in [0.2, 0.25) is 0 Å². The summed E-state index contributed by atoms with van der Waals surface area (Å²) < 4.78 is 5.27. The van der Waals surface area contributed by atoms with Gasteiger partial charge in [0, 0.05) is 6.10 Å². The zero-order valence-corrected chi connectivity index (χ0v) is 9.19. The first kappa shape index (κ1) is 9.18. The highest BCUT2D eigenvalue weighted by molar-refractivity contribution is 5.98. The van der Waals surface area contributed by atoms with Gasteiger partial charge in [-0.05, 0) is 18.8 Å². The summed E-state index contributed by atoms with van der Waals surface area (Å²) in [4.78, 5) is 0. The molecule has 1 unspecified atom stereocenters. The number of hydrogen-bond donors (Lipinski definition) is 0. The van der Waals surface area contributed by atoms with Crippen molar-refractivity contribution in [2.24, 2.45) is 5.41 Å². The van der Waals surface area contributed by atoms with Gasteiger partial charge in [-0.3, -0.25) is 0 Å². The summed E-state index contributed by atoms with van der Waals surface area (Å²) >= 11 is 0. The molecular weight excluding hydrogens is 128 g/mol. The molecule has 0 radical (unpaired) electrons. The van der Waals surface area contributed by atoms with Crippen LogP contribution in [0.1, 0.15) is 34.1 Å². The van der Waals surface area contributed by atoms with Gasteiger partial charge in [-0.1, -0.05) is 20.8 Å². The van der Waals surface area contributed by atoms with Gasteiger partial charge >= 0.3 is 0 Å². The lowest BCUT2D eigenvalue weighted by Crippen LogP contribution is -2.16. The first-order valence-corrected chi connectivity index (χ1v) is 4.30. The van der Waals surface area contributed by atoms with Crippen molar-refractivity contribution < 1.29 is 4.43 Å². The van der Waals surface area contributed by atoms with Gasteiger partial charge in [-0.25, -0.2) is 0 Å². The van der Waals surface area contributed by atoms with E-state index in [0.717, 1.165) is 16.9 Å². The van der Waals surface area contributed by atoms with Crippen molar-refractivity contribution in [2.45, 2.75) is 40.2 Å². The number of hydrogen-bond acceptors (Lipinski definition) is 1. The molecule has 1 atom stereocenters. The first-order chi connectivity index (χ1) is 3.95. The normalized spacial score (nSPS) is 16.0. The van der Waals surface area contributed by atoms with Gasteiger partial charge in [-0.15, -0.1) is 0 Å². The van der Waals surface area contributed by atoms with Crippen molar-refractivity contribution in [3.05, 3.63) is 0 Å². The molecule has 0 aromatic rings. The molecule has 9 heavy (non-hydrogen) atoms. The maximum Gasteiger partial charge on any atom is 0.146 e. The second kappa shape index (κ2) is 3.37. The fraction of sp³-hybridized carbons (Fsp3) is 1.00. The zero-order chi connectivity index (χ0) is 7.49. The monoisotopic (exact) mass is 146 g/mol. The molecule has 0 amide bonds. The van der Waals surface area contributed by atoms with E-state index in [9.17, 15) is 0 Å². The Labute approximate surface area is 61.3 Å². The maximum absolute atomic E-state index is 5.27. The Morgan fingerprint density at radius 1 is 1.44 bits per heavy atom. The van der Waals surface area contributed by atoms with Crippen molar-refractivity contribution in [3.8, 4) is 0 Å². The molecule has 0 aromatic heterocycles. The largest absolute Gasteiger partial charge is 0.425 e. The summed E-state index contributed by atoms with van der Waals surface area (Å²) in [6.07, 6.45) is 1.62. The van der Waals surface area contributed by atoms with E-state index >= 15 is 0 Å². The number of rotatable bonds is 2. The van der Waals surface area contributed by atoms with Crippen LogP contribution >= 0.6 is 0 Å². The van der Waals surface area contributed by atoms with E-state index in [1.807, 2.05) is 0 Å². The van der Waals surface area contributed by atoms with Crippen molar-refractivity contribution in [1.29, 1.82) is 0 Å². The molecule has 0 spiro atoms. The molecule has 0 aliphatic heterocycles. The zero-order valence-electron chi connectivity index (χ0n) is 7.19. The smallest absolute Gasteiger partial charge is 0.146 e. The van der Waals surface area contributed by atoms with Crippen LogP contribution in [0, 0.1) is 5.41 Å². The molecule has 0 N–H and O–H groups in total. The molecule has 0 fully saturated rings. The summed E-state index contributed by atoms with van der Waals surface area (Å²) in [5.41, 5.74) is 0.420. The van der Waals surface area contributed by atoms with Gasteiger partial charge in [0.15, 0.2) is 0 Å². The molecule has 0 bridgehead atoms. The lowest BCUT2D eigenvalue weighted by atomic mass is 9.90. The van der Waals surface area contributed by atoms with Gasteiger partial charge in [0.05, 0.1) is 0 Å². The summed E-state index contributed by atoms with van der Waals surface area (Å²) in [5.74, 6) is 0. The Bertz CT molecular complexity index is 75.5. The molecule has 0 saturated carbocycles. The van der Waals surface area contributed by atoms with Crippen molar-refractivity contribution in [3.63, 3.8) is 0 Å². The van der Waals surface area contributed by atoms with E-state index in [1.165, 1.54) is 0 Å². The van der Waals surface area contributed by atoms with Crippen LogP contribution in [0.3, 0.4) is 0 Å². The third kappa shape index (κ3) is 6.06. The Morgan fingerprint density at radius 2 is 1.89 bits per heavy atom. The van der Waals surface area contributed by atoms with E-state index in [-0.39, 0.29) is 0 Å². The third-order valence-corrected chi connectivity index (χ3v) is 2.11. The Kier molecular flexibility index (Phi) is 3.44. The second-order valence-corrected chi connectivity index (χ2v) is 4.28. The van der Waals surface area contributed by atoms with E-state index in [0.29, 0.717) is 11.5 Å². The minimum Gasteiger partial charge on any atom is -0.425 e. The quantitative estimate of drug-likeness (QED) is 0.530. The average Bonchev–Trinajstić information content (AvgIpc) is 1.62. The van der Waals surface area contributed by atoms with Crippen LogP contribution in [0.4, 0.5) is 0 Å². The molecule has 1 nitrogen and oxygen atoms in total. The lowest BCUT2D eigenvalue weighted by molar-refractivity contribution is 0.173. The SMILES string of the molecule is CC(CC(C)(C)C)O[SiH3]. The first-order valence-electron chi connectivity index (χ1n) is 3.48. The van der Waals surface area contributed by atoms with Gasteiger partial charge in [0.25, 0.3) is 0 Å². The molecule has 0 saturated heterocycles. The third-order valence-electron chi connectivity index (χ3n) is 1.30. The van der Waals surface area contributed by atoms with Gasteiger partial charge in [0.2, 0.25) is 0 Å². The topological polar surface area (TPSA) is 9.23 Å². The Morgan fingerprint density at radius 3 is 2.00 bits per heavy atom. The van der Waals surface area contributed by atoms with Crippen LogP contribution in [0.15, 0.2) is 0 Å². The van der Waals surface area contributed by atoms with E-state index in [2.05, 4.69) is 27.7 Å². The summed E-state index contributed by atoms with van der Waals surface area (Å²) in [6, 6.07) is 0. The van der Waals surface area contributed by atoms with Gasteiger partial charge in [0.1, 0.15) is 10.5 Å². The summed E-state index contributed by atoms with van der Waals surface area (Å²) in [5, 5.41) is 0. The molecule has 0 aromatic carbocycles. The summed E-state index contributed by atoms with van der Waals surface area (Å²) in [6.45, 7) is 8.86. The lowest BCUT2D eigenvalue weighted by Gasteiger charge is -2.22. The molecule has 0 heterocycles. The van der Waals surface area contributed by atoms with Gasteiger partial charge in [-0.2, -0.15) is 0 Å². The van der Waals surface area contributed by atoms with Crippen molar-refractivity contribution in [2.75, 3.05) is 0 Å². The van der Waals surface area contributed by atoms with Crippen molar-refractivity contribution >= 4 is 10.5 Å². The standard InChI is InChI=1S/C7H18OSi/c1-6(8-9)5-7(2,3)4/h6H,5H2,1-4,9H3. The van der Waals surface area contributed by atoms with Crippen LogP contribution in [0.25, 0.3) is 0 Å². The second-order valence-electron chi connectivity index (χ2n) is 3.81. The Balaban J connectivity index is 3.47. The van der Waals surface area contributed by atoms with E-state index < -0.39 is 0 Å². The molecule has 0 aliphatic carbocycles. The highest BCUT2D eigenvalue weighted by atomic mass is 28.2.